The van der Waals surface area contributed by atoms with Crippen LogP contribution in [0.4, 0.5) is 0 Å². The summed E-state index contributed by atoms with van der Waals surface area (Å²) < 4.78 is 0. The van der Waals surface area contributed by atoms with Gasteiger partial charge in [0.2, 0.25) is 0 Å². The topological polar surface area (TPSA) is 120 Å². The van der Waals surface area contributed by atoms with Gasteiger partial charge in [0, 0.05) is 17.9 Å². The Kier molecular flexibility index (Phi) is 33.2. The number of carbonyl (C=O) groups is 3. The smallest absolute Gasteiger partial charge is 0.550 e. The predicted octanol–water partition coefficient (Wildman–Crippen LogP) is 2.48. The first-order valence-corrected chi connectivity index (χ1v) is 11.8. The Balaban J connectivity index is -0.000000174. The Hall–Kier alpha value is -0.668. The maximum atomic E-state index is 10.3. The Morgan fingerprint density at radius 3 is 0.806 bits per heavy atom. The molecule has 0 fully saturated rings. The molecule has 0 amide bonds. The molecule has 0 aromatic rings. The second kappa shape index (κ2) is 27.4. The van der Waals surface area contributed by atoms with E-state index in [0.29, 0.717) is 19.3 Å². The Morgan fingerprint density at radius 2 is 0.710 bits per heavy atom. The number of rotatable bonds is 15. The molecule has 0 aromatic heterocycles. The maximum Gasteiger partial charge on any atom is 3.00 e. The summed E-state index contributed by atoms with van der Waals surface area (Å²) in [7, 11) is 0. The number of carboxylic acid groups (broad SMARTS) is 3. The van der Waals surface area contributed by atoms with Gasteiger partial charge in [-0.2, -0.15) is 0 Å². The molecule has 0 saturated heterocycles. The zero-order chi connectivity index (χ0) is 23.9. The number of aliphatic carboxylic acids is 3. The molecule has 0 heterocycles. The fourth-order valence-corrected chi connectivity index (χ4v) is 2.82. The third kappa shape index (κ3) is 25.5. The van der Waals surface area contributed by atoms with E-state index in [2.05, 4.69) is 20.8 Å². The number of carboxylic acids is 3. The van der Waals surface area contributed by atoms with Crippen molar-refractivity contribution in [3.8, 4) is 0 Å². The van der Waals surface area contributed by atoms with Gasteiger partial charge in [0.15, 0.2) is 0 Å². The molecule has 1 radical (unpaired) electrons. The second-order valence-corrected chi connectivity index (χ2v) is 7.70. The fourth-order valence-electron chi connectivity index (χ4n) is 2.82. The van der Waals surface area contributed by atoms with Gasteiger partial charge in [0.25, 0.3) is 0 Å². The Morgan fingerprint density at radius 1 is 0.516 bits per heavy atom. The van der Waals surface area contributed by atoms with Gasteiger partial charge >= 0.3 is 27.3 Å². The molecule has 6 nitrogen and oxygen atoms in total. The molecule has 0 aliphatic heterocycles. The average molecular weight is 637 g/mol. The first-order valence-electron chi connectivity index (χ1n) is 11.8. The number of hydrogen-bond acceptors (Lipinski definition) is 6. The zero-order valence-electron chi connectivity index (χ0n) is 20.7. The summed E-state index contributed by atoms with van der Waals surface area (Å²) in [6.07, 6.45) is 10.6. The SMILES string of the molecule is CCCCC(CC)C(=O)[O-].CCCCC(CC)C(=O)[O-].CCCCC(CC)C(=O)[O-].[Pb+3]. The molecule has 31 heavy (non-hydrogen) atoms. The monoisotopic (exact) mass is 637 g/mol. The molecular formula is C24H45O6Pb. The molecule has 3 atom stereocenters. The molecule has 181 valence electrons. The van der Waals surface area contributed by atoms with E-state index < -0.39 is 17.9 Å². The van der Waals surface area contributed by atoms with Crippen molar-refractivity contribution in [3.05, 3.63) is 0 Å². The number of hydrogen-bond donors (Lipinski definition) is 0. The van der Waals surface area contributed by atoms with Crippen molar-refractivity contribution < 1.29 is 29.7 Å². The molecule has 0 aromatic carbocycles. The van der Waals surface area contributed by atoms with Crippen molar-refractivity contribution in [2.24, 2.45) is 17.8 Å². The van der Waals surface area contributed by atoms with Crippen molar-refractivity contribution in [1.29, 1.82) is 0 Å². The molecule has 0 aliphatic carbocycles. The van der Waals surface area contributed by atoms with Gasteiger partial charge in [-0.05, 0) is 56.3 Å². The summed E-state index contributed by atoms with van der Waals surface area (Å²) in [5.41, 5.74) is 0. The van der Waals surface area contributed by atoms with Crippen LogP contribution < -0.4 is 15.3 Å². The third-order valence-electron chi connectivity index (χ3n) is 5.20. The fraction of sp³-hybridized carbons (Fsp3) is 0.875. The van der Waals surface area contributed by atoms with E-state index in [9.17, 15) is 29.7 Å². The second-order valence-electron chi connectivity index (χ2n) is 7.70. The van der Waals surface area contributed by atoms with E-state index in [0.717, 1.165) is 57.8 Å². The van der Waals surface area contributed by atoms with Gasteiger partial charge in [0.05, 0.1) is 0 Å². The first-order chi connectivity index (χ1) is 14.2. The van der Waals surface area contributed by atoms with E-state index in [4.69, 9.17) is 0 Å². The summed E-state index contributed by atoms with van der Waals surface area (Å²) in [5.74, 6) is -3.34. The van der Waals surface area contributed by atoms with E-state index in [1.807, 2.05) is 20.8 Å². The molecule has 0 spiro atoms. The van der Waals surface area contributed by atoms with Gasteiger partial charge in [0.1, 0.15) is 0 Å². The summed E-state index contributed by atoms with van der Waals surface area (Å²) in [4.78, 5) is 31.0. The number of carbonyl (C=O) groups excluding carboxylic acids is 3. The largest absolute Gasteiger partial charge is 3.00 e. The van der Waals surface area contributed by atoms with Crippen LogP contribution in [0.5, 0.6) is 0 Å². The average Bonchev–Trinajstić information content (AvgIpc) is 2.70. The summed E-state index contributed by atoms with van der Waals surface area (Å²) >= 11 is 0. The summed E-state index contributed by atoms with van der Waals surface area (Å²) in [5, 5.41) is 31.0. The van der Waals surface area contributed by atoms with Crippen LogP contribution in [-0.4, -0.2) is 45.2 Å². The van der Waals surface area contributed by atoms with Crippen LogP contribution in [0.1, 0.15) is 119 Å². The molecule has 0 rings (SSSR count). The molecular weight excluding hydrogens is 591 g/mol. The first kappa shape index (κ1) is 37.6. The van der Waals surface area contributed by atoms with Crippen LogP contribution in [0, 0.1) is 17.8 Å². The molecule has 7 heteroatoms. The minimum Gasteiger partial charge on any atom is -0.550 e. The quantitative estimate of drug-likeness (QED) is 0.255. The minimum atomic E-state index is -0.893. The number of unbranched alkanes of at least 4 members (excludes halogenated alkanes) is 3. The Labute approximate surface area is 210 Å². The standard InChI is InChI=1S/3C8H16O2.Pb/c3*1-3-5-6-7(4-2)8(9)10;/h3*7H,3-6H2,1-2H3,(H,9,10);/q;;;+3/p-3. The predicted molar refractivity (Wildman–Crippen MR) is 121 cm³/mol. The van der Waals surface area contributed by atoms with Gasteiger partial charge in [-0.3, -0.25) is 0 Å². The zero-order valence-corrected chi connectivity index (χ0v) is 24.6. The molecule has 0 saturated carbocycles. The van der Waals surface area contributed by atoms with Gasteiger partial charge in [-0.15, -0.1) is 0 Å². The molecule has 0 bridgehead atoms. The van der Waals surface area contributed by atoms with Gasteiger partial charge < -0.3 is 29.7 Å². The molecule has 0 N–H and O–H groups in total. The van der Waals surface area contributed by atoms with Crippen LogP contribution >= 0.6 is 0 Å². The van der Waals surface area contributed by atoms with Crippen LogP contribution in [0.25, 0.3) is 0 Å². The Bertz CT molecular complexity index is 366. The van der Waals surface area contributed by atoms with Crippen LogP contribution in [0.15, 0.2) is 0 Å². The summed E-state index contributed by atoms with van der Waals surface area (Å²) in [6, 6.07) is 0. The van der Waals surface area contributed by atoms with E-state index >= 15 is 0 Å². The van der Waals surface area contributed by atoms with Crippen LogP contribution in [0.3, 0.4) is 0 Å². The van der Waals surface area contributed by atoms with Crippen molar-refractivity contribution in [3.63, 3.8) is 0 Å². The van der Waals surface area contributed by atoms with Crippen molar-refractivity contribution in [2.45, 2.75) is 119 Å². The maximum absolute atomic E-state index is 10.3. The van der Waals surface area contributed by atoms with Gasteiger partial charge in [-0.1, -0.05) is 80.1 Å². The normalized spacial score (nSPS) is 12.6. The minimum absolute atomic E-state index is 0. The molecule has 3 unspecified atom stereocenters. The third-order valence-corrected chi connectivity index (χ3v) is 5.20. The van der Waals surface area contributed by atoms with Crippen molar-refractivity contribution in [2.75, 3.05) is 0 Å². The van der Waals surface area contributed by atoms with Crippen molar-refractivity contribution in [1.82, 2.24) is 0 Å². The van der Waals surface area contributed by atoms with E-state index in [1.54, 1.807) is 0 Å². The van der Waals surface area contributed by atoms with Crippen molar-refractivity contribution >= 4 is 45.2 Å². The van der Waals surface area contributed by atoms with Gasteiger partial charge in [-0.25, -0.2) is 0 Å². The van der Waals surface area contributed by atoms with E-state index in [-0.39, 0.29) is 45.1 Å². The van der Waals surface area contributed by atoms with Crippen LogP contribution in [-0.2, 0) is 14.4 Å². The molecule has 0 aliphatic rings. The van der Waals surface area contributed by atoms with E-state index in [1.165, 1.54) is 0 Å². The van der Waals surface area contributed by atoms with Crippen LogP contribution in [0.2, 0.25) is 0 Å². The summed E-state index contributed by atoms with van der Waals surface area (Å²) in [6.45, 7) is 11.8.